The van der Waals surface area contributed by atoms with Gasteiger partial charge in [0.15, 0.2) is 29.1 Å². The van der Waals surface area contributed by atoms with Crippen molar-refractivity contribution < 1.29 is 13.9 Å². The maximum absolute atomic E-state index is 12.4. The number of fused-ring (bicyclic) bond motifs is 1. The van der Waals surface area contributed by atoms with Crippen LogP contribution in [-0.4, -0.2) is 38.2 Å². The van der Waals surface area contributed by atoms with Gasteiger partial charge in [-0.2, -0.15) is 15.1 Å². The van der Waals surface area contributed by atoms with Crippen LogP contribution in [0.25, 0.3) is 11.0 Å². The van der Waals surface area contributed by atoms with Gasteiger partial charge in [-0.05, 0) is 25.5 Å². The van der Waals surface area contributed by atoms with E-state index in [2.05, 4.69) is 20.1 Å². The average Bonchev–Trinajstić information content (AvgIpc) is 3.30. The molecule has 0 radical (unpaired) electrons. The van der Waals surface area contributed by atoms with Gasteiger partial charge in [0.2, 0.25) is 5.95 Å². The van der Waals surface area contributed by atoms with Gasteiger partial charge >= 0.3 is 5.97 Å². The van der Waals surface area contributed by atoms with Crippen molar-refractivity contribution in [1.82, 2.24) is 19.7 Å². The highest BCUT2D eigenvalue weighted by Crippen LogP contribution is 2.27. The number of carbonyl (C=O) groups excluding carboxylic acids is 1. The molecule has 1 unspecified atom stereocenters. The number of aromatic nitrogens is 4. The first-order valence-electron chi connectivity index (χ1n) is 8.60. The topological polar surface area (TPSA) is 147 Å². The van der Waals surface area contributed by atoms with Crippen LogP contribution in [0.1, 0.15) is 38.5 Å². The van der Waals surface area contributed by atoms with Crippen molar-refractivity contribution in [2.24, 2.45) is 10.7 Å². The molecule has 1 atom stereocenters. The monoisotopic (exact) mass is 371 g/mol. The molecule has 3 aromatic heterocycles. The molecule has 0 saturated heterocycles. The molecule has 3 aromatic rings. The van der Waals surface area contributed by atoms with Gasteiger partial charge in [0.25, 0.3) is 0 Å². The largest absolute Gasteiger partial charge is 0.464 e. The van der Waals surface area contributed by atoms with Gasteiger partial charge in [-0.25, -0.2) is 14.5 Å². The fourth-order valence-corrected chi connectivity index (χ4v) is 2.69. The summed E-state index contributed by atoms with van der Waals surface area (Å²) >= 11 is 0. The van der Waals surface area contributed by atoms with E-state index in [4.69, 9.17) is 20.6 Å². The van der Waals surface area contributed by atoms with E-state index in [0.717, 1.165) is 6.42 Å². The zero-order valence-electron chi connectivity index (χ0n) is 15.1. The fourth-order valence-electron chi connectivity index (χ4n) is 2.69. The molecule has 0 amide bonds. The minimum Gasteiger partial charge on any atom is -0.464 e. The van der Waals surface area contributed by atoms with Crippen LogP contribution in [0, 0.1) is 0 Å². The minimum absolute atomic E-state index is 0.00523. The average molecular weight is 371 g/mol. The maximum atomic E-state index is 12.4. The molecule has 27 heavy (non-hydrogen) atoms. The Bertz CT molecular complexity index is 962. The Morgan fingerprint density at radius 2 is 2.22 bits per heavy atom. The molecule has 4 N–H and O–H groups in total. The fraction of sp³-hybridized carbons (Fsp3) is 0.353. The lowest BCUT2D eigenvalue weighted by Gasteiger charge is -2.15. The summed E-state index contributed by atoms with van der Waals surface area (Å²) in [5, 5.41) is 4.83. The highest BCUT2D eigenvalue weighted by Gasteiger charge is 2.25. The van der Waals surface area contributed by atoms with Crippen LogP contribution in [0.2, 0.25) is 0 Å². The molecule has 10 heteroatoms. The maximum Gasteiger partial charge on any atom is 0.331 e. The van der Waals surface area contributed by atoms with Crippen LogP contribution < -0.4 is 11.5 Å². The Morgan fingerprint density at radius 3 is 2.89 bits per heavy atom. The van der Waals surface area contributed by atoms with Crippen molar-refractivity contribution in [3.63, 3.8) is 0 Å². The van der Waals surface area contributed by atoms with Crippen molar-refractivity contribution in [3.8, 4) is 0 Å². The van der Waals surface area contributed by atoms with Gasteiger partial charge in [0.1, 0.15) is 0 Å². The molecule has 0 aliphatic heterocycles. The molecule has 3 heterocycles. The highest BCUT2D eigenvalue weighted by molar-refractivity contribution is 5.99. The second-order valence-electron chi connectivity index (χ2n) is 5.76. The molecule has 10 nitrogen and oxygen atoms in total. The van der Waals surface area contributed by atoms with E-state index in [1.54, 1.807) is 19.1 Å². The summed E-state index contributed by atoms with van der Waals surface area (Å²) in [6.07, 6.45) is 4.34. The number of ether oxygens (including phenoxy) is 1. The minimum atomic E-state index is -0.610. The van der Waals surface area contributed by atoms with Gasteiger partial charge in [0.05, 0.1) is 24.5 Å². The molecule has 0 fully saturated rings. The number of furan rings is 1. The first kappa shape index (κ1) is 18.4. The van der Waals surface area contributed by atoms with E-state index >= 15 is 0 Å². The van der Waals surface area contributed by atoms with Crippen molar-refractivity contribution in [1.29, 1.82) is 0 Å². The van der Waals surface area contributed by atoms with Crippen LogP contribution in [0.15, 0.2) is 34.0 Å². The Kier molecular flexibility index (Phi) is 5.34. The molecule has 0 aliphatic rings. The van der Waals surface area contributed by atoms with E-state index in [1.807, 2.05) is 6.92 Å². The number of anilines is 1. The third-order valence-electron chi connectivity index (χ3n) is 3.87. The smallest absolute Gasteiger partial charge is 0.331 e. The summed E-state index contributed by atoms with van der Waals surface area (Å²) in [5.74, 6) is 0.415. The Hall–Kier alpha value is -3.43. The summed E-state index contributed by atoms with van der Waals surface area (Å²) in [4.78, 5) is 25.0. The SMILES string of the molecule is CCCC(C(=O)OCC)n1ncc2c(N=C(N)c3ccco3)nc(N)nc21. The Labute approximate surface area is 155 Å². The molecule has 3 rings (SSSR count). The number of nitrogens with zero attached hydrogens (tertiary/aromatic N) is 5. The summed E-state index contributed by atoms with van der Waals surface area (Å²) in [7, 11) is 0. The molecule has 0 aliphatic carbocycles. The van der Waals surface area contributed by atoms with Gasteiger partial charge in [-0.1, -0.05) is 13.3 Å². The predicted octanol–water partition coefficient (Wildman–Crippen LogP) is 1.94. The van der Waals surface area contributed by atoms with E-state index in [1.165, 1.54) is 17.1 Å². The quantitative estimate of drug-likeness (QED) is 0.364. The summed E-state index contributed by atoms with van der Waals surface area (Å²) in [6, 6.07) is 2.78. The molecule has 142 valence electrons. The molecule has 0 bridgehead atoms. The number of hydrogen-bond acceptors (Lipinski definition) is 8. The van der Waals surface area contributed by atoms with E-state index in [-0.39, 0.29) is 30.2 Å². The van der Waals surface area contributed by atoms with Gasteiger partial charge in [-0.3, -0.25) is 0 Å². The van der Waals surface area contributed by atoms with Crippen LogP contribution in [0.4, 0.5) is 11.8 Å². The first-order valence-corrected chi connectivity index (χ1v) is 8.60. The normalized spacial score (nSPS) is 13.0. The third kappa shape index (κ3) is 3.73. The van der Waals surface area contributed by atoms with Gasteiger partial charge < -0.3 is 20.6 Å². The van der Waals surface area contributed by atoms with Gasteiger partial charge in [-0.15, -0.1) is 0 Å². The van der Waals surface area contributed by atoms with Crippen LogP contribution in [0.5, 0.6) is 0 Å². The van der Waals surface area contributed by atoms with Crippen LogP contribution in [-0.2, 0) is 9.53 Å². The molecular weight excluding hydrogens is 350 g/mol. The van der Waals surface area contributed by atoms with Gasteiger partial charge in [0, 0.05) is 0 Å². The molecule has 0 aromatic carbocycles. The zero-order chi connectivity index (χ0) is 19.4. The zero-order valence-corrected chi connectivity index (χ0v) is 15.1. The summed E-state index contributed by atoms with van der Waals surface area (Å²) in [6.45, 7) is 4.01. The second-order valence-corrected chi connectivity index (χ2v) is 5.76. The molecule has 0 saturated carbocycles. The lowest BCUT2D eigenvalue weighted by molar-refractivity contribution is -0.147. The lowest BCUT2D eigenvalue weighted by atomic mass is 10.2. The lowest BCUT2D eigenvalue weighted by Crippen LogP contribution is -2.23. The van der Waals surface area contributed by atoms with Crippen molar-refractivity contribution in [2.75, 3.05) is 12.3 Å². The standard InChI is InChI=1S/C17H21N7O3/c1-3-6-11(16(25)26-4-2)24-15-10(9-20-24)14(22-17(19)23-15)21-13(18)12-7-5-8-27-12/h5,7-9,11H,3-4,6H2,1-2H3,(H4,18,19,21,22,23). The Balaban J connectivity index is 2.09. The number of aliphatic imine (C=N–C) groups is 1. The van der Waals surface area contributed by atoms with Crippen LogP contribution in [0.3, 0.4) is 0 Å². The van der Waals surface area contributed by atoms with Crippen molar-refractivity contribution >= 4 is 34.6 Å². The van der Waals surface area contributed by atoms with E-state index in [0.29, 0.717) is 23.2 Å². The predicted molar refractivity (Wildman–Crippen MR) is 99.4 cm³/mol. The third-order valence-corrected chi connectivity index (χ3v) is 3.87. The number of hydrogen-bond donors (Lipinski definition) is 2. The number of nitrogen functional groups attached to an aromatic ring is 1. The van der Waals surface area contributed by atoms with E-state index in [9.17, 15) is 4.79 Å². The first-order chi connectivity index (χ1) is 13.0. The number of esters is 1. The number of nitrogens with two attached hydrogens (primary N) is 2. The summed E-state index contributed by atoms with van der Waals surface area (Å²) < 4.78 is 11.9. The number of carbonyl (C=O) groups is 1. The van der Waals surface area contributed by atoms with E-state index < -0.39 is 6.04 Å². The number of amidine groups is 1. The second kappa shape index (κ2) is 7.85. The van der Waals surface area contributed by atoms with Crippen molar-refractivity contribution in [3.05, 3.63) is 30.4 Å². The summed E-state index contributed by atoms with van der Waals surface area (Å²) in [5.41, 5.74) is 12.2. The molecule has 0 spiro atoms. The van der Waals surface area contributed by atoms with Crippen molar-refractivity contribution in [2.45, 2.75) is 32.7 Å². The Morgan fingerprint density at radius 1 is 1.41 bits per heavy atom. The van der Waals surface area contributed by atoms with Crippen LogP contribution >= 0.6 is 0 Å². The number of rotatable bonds is 7. The highest BCUT2D eigenvalue weighted by atomic mass is 16.5. The molecular formula is C17H21N7O3.